The summed E-state index contributed by atoms with van der Waals surface area (Å²) in [4.78, 5) is 0. The van der Waals surface area contributed by atoms with Crippen LogP contribution in [0, 0.1) is 5.82 Å². The van der Waals surface area contributed by atoms with Crippen molar-refractivity contribution in [3.8, 4) is 0 Å². The molecular weight excluding hydrogens is 287 g/mol. The monoisotopic (exact) mass is 312 g/mol. The van der Waals surface area contributed by atoms with E-state index < -0.39 is 5.79 Å². The zero-order valence-corrected chi connectivity index (χ0v) is 13.3. The molecular formula is C17H25FO4. The third kappa shape index (κ3) is 4.49. The lowest BCUT2D eigenvalue weighted by molar-refractivity contribution is -0.179. The van der Waals surface area contributed by atoms with Gasteiger partial charge in [-0.15, -0.1) is 0 Å². The highest BCUT2D eigenvalue weighted by molar-refractivity contribution is 5.21. The lowest BCUT2D eigenvalue weighted by Crippen LogP contribution is -2.28. The van der Waals surface area contributed by atoms with Crippen molar-refractivity contribution >= 4 is 0 Å². The van der Waals surface area contributed by atoms with Crippen molar-refractivity contribution in [2.24, 2.45) is 0 Å². The van der Waals surface area contributed by atoms with Crippen LogP contribution in [0.25, 0.3) is 0 Å². The van der Waals surface area contributed by atoms with E-state index in [4.69, 9.17) is 18.9 Å². The van der Waals surface area contributed by atoms with Gasteiger partial charge < -0.3 is 18.9 Å². The van der Waals surface area contributed by atoms with E-state index in [1.807, 2.05) is 13.8 Å². The summed E-state index contributed by atoms with van der Waals surface area (Å²) < 4.78 is 35.9. The van der Waals surface area contributed by atoms with E-state index in [-0.39, 0.29) is 12.1 Å². The van der Waals surface area contributed by atoms with Gasteiger partial charge in [0, 0.05) is 25.2 Å². The lowest BCUT2D eigenvalue weighted by atomic mass is 9.99. The molecule has 0 saturated carbocycles. The maximum Gasteiger partial charge on any atom is 0.194 e. The molecule has 1 aliphatic heterocycles. The van der Waals surface area contributed by atoms with Gasteiger partial charge in [0.25, 0.3) is 0 Å². The maximum absolute atomic E-state index is 13.1. The van der Waals surface area contributed by atoms with Crippen molar-refractivity contribution in [3.05, 3.63) is 35.6 Å². The quantitative estimate of drug-likeness (QED) is 0.653. The van der Waals surface area contributed by atoms with Gasteiger partial charge in [0.05, 0.1) is 13.2 Å². The highest BCUT2D eigenvalue weighted by Crippen LogP contribution is 2.36. The minimum atomic E-state index is -0.767. The van der Waals surface area contributed by atoms with Crippen LogP contribution in [-0.4, -0.2) is 32.7 Å². The normalized spacial score (nSPS) is 17.3. The Bertz CT molecular complexity index is 423. The minimum absolute atomic E-state index is 0.193. The SMILES string of the molecule is CCOC(CCCC1(c2ccc(F)cc2)OCCO1)OCC. The second kappa shape index (κ2) is 8.58. The highest BCUT2D eigenvalue weighted by atomic mass is 19.1. The maximum atomic E-state index is 13.1. The molecule has 0 amide bonds. The van der Waals surface area contributed by atoms with Gasteiger partial charge in [-0.1, -0.05) is 12.1 Å². The molecule has 0 aromatic heterocycles. The van der Waals surface area contributed by atoms with Crippen molar-refractivity contribution < 1.29 is 23.3 Å². The number of rotatable bonds is 9. The third-order valence-electron chi connectivity index (χ3n) is 3.69. The summed E-state index contributed by atoms with van der Waals surface area (Å²) in [6.45, 7) is 6.27. The molecule has 2 rings (SSSR count). The van der Waals surface area contributed by atoms with Crippen molar-refractivity contribution in [3.63, 3.8) is 0 Å². The summed E-state index contributed by atoms with van der Waals surface area (Å²) >= 11 is 0. The van der Waals surface area contributed by atoms with Crippen LogP contribution in [-0.2, 0) is 24.7 Å². The molecule has 1 saturated heterocycles. The standard InChI is InChI=1S/C17H25FO4/c1-3-19-16(20-4-2)6-5-11-17(21-12-13-22-17)14-7-9-15(18)10-8-14/h7-10,16H,3-6,11-13H2,1-2H3. The fraction of sp³-hybridized carbons (Fsp3) is 0.647. The second-order valence-electron chi connectivity index (χ2n) is 5.19. The smallest absolute Gasteiger partial charge is 0.194 e. The van der Waals surface area contributed by atoms with E-state index in [9.17, 15) is 4.39 Å². The number of benzene rings is 1. The van der Waals surface area contributed by atoms with Gasteiger partial charge >= 0.3 is 0 Å². The Hall–Kier alpha value is -1.01. The highest BCUT2D eigenvalue weighted by Gasteiger charge is 2.38. The predicted octanol–water partition coefficient (Wildman–Crippen LogP) is 3.59. The number of halogens is 1. The molecule has 1 heterocycles. The Morgan fingerprint density at radius 1 is 1.09 bits per heavy atom. The number of ether oxygens (including phenoxy) is 4. The van der Waals surface area contributed by atoms with Crippen LogP contribution in [0.1, 0.15) is 38.7 Å². The van der Waals surface area contributed by atoms with Crippen LogP contribution in [0.4, 0.5) is 4.39 Å². The van der Waals surface area contributed by atoms with Crippen LogP contribution in [0.5, 0.6) is 0 Å². The third-order valence-corrected chi connectivity index (χ3v) is 3.69. The zero-order chi connectivity index (χ0) is 15.8. The first-order chi connectivity index (χ1) is 10.7. The number of hydrogen-bond donors (Lipinski definition) is 0. The summed E-state index contributed by atoms with van der Waals surface area (Å²) in [5, 5.41) is 0. The van der Waals surface area contributed by atoms with E-state index in [0.29, 0.717) is 32.8 Å². The van der Waals surface area contributed by atoms with Crippen molar-refractivity contribution in [2.75, 3.05) is 26.4 Å². The van der Waals surface area contributed by atoms with Gasteiger partial charge in [-0.25, -0.2) is 4.39 Å². The molecule has 0 bridgehead atoms. The number of hydrogen-bond acceptors (Lipinski definition) is 4. The average Bonchev–Trinajstić information content (AvgIpc) is 2.98. The Balaban J connectivity index is 1.95. The summed E-state index contributed by atoms with van der Waals surface area (Å²) in [6.07, 6.45) is 2.11. The van der Waals surface area contributed by atoms with Gasteiger partial charge in [0.2, 0.25) is 0 Å². The Kier molecular flexibility index (Phi) is 6.76. The van der Waals surface area contributed by atoms with Crippen molar-refractivity contribution in [2.45, 2.75) is 45.2 Å². The summed E-state index contributed by atoms with van der Waals surface area (Å²) in [5.74, 6) is -1.03. The van der Waals surface area contributed by atoms with E-state index in [1.54, 1.807) is 12.1 Å². The first kappa shape index (κ1) is 17.3. The van der Waals surface area contributed by atoms with Crippen molar-refractivity contribution in [1.29, 1.82) is 0 Å². The fourth-order valence-electron chi connectivity index (χ4n) is 2.70. The van der Waals surface area contributed by atoms with Crippen LogP contribution in [0.15, 0.2) is 24.3 Å². The molecule has 22 heavy (non-hydrogen) atoms. The molecule has 0 atom stereocenters. The molecule has 4 nitrogen and oxygen atoms in total. The molecule has 1 aliphatic rings. The van der Waals surface area contributed by atoms with Gasteiger partial charge in [-0.3, -0.25) is 0 Å². The first-order valence-corrected chi connectivity index (χ1v) is 7.97. The van der Waals surface area contributed by atoms with Gasteiger partial charge in [-0.2, -0.15) is 0 Å². The fourth-order valence-corrected chi connectivity index (χ4v) is 2.70. The molecule has 0 N–H and O–H groups in total. The average molecular weight is 312 g/mol. The van der Waals surface area contributed by atoms with Gasteiger partial charge in [0.15, 0.2) is 12.1 Å². The molecule has 1 aromatic rings. The summed E-state index contributed by atoms with van der Waals surface area (Å²) in [7, 11) is 0. The molecule has 0 spiro atoms. The Morgan fingerprint density at radius 3 is 2.23 bits per heavy atom. The largest absolute Gasteiger partial charge is 0.353 e. The summed E-state index contributed by atoms with van der Waals surface area (Å²) in [6, 6.07) is 6.32. The van der Waals surface area contributed by atoms with Gasteiger partial charge in [0.1, 0.15) is 5.82 Å². The molecule has 0 radical (unpaired) electrons. The lowest BCUT2D eigenvalue weighted by Gasteiger charge is -2.28. The van der Waals surface area contributed by atoms with E-state index >= 15 is 0 Å². The second-order valence-corrected chi connectivity index (χ2v) is 5.19. The zero-order valence-electron chi connectivity index (χ0n) is 13.3. The topological polar surface area (TPSA) is 36.9 Å². The van der Waals surface area contributed by atoms with Gasteiger partial charge in [-0.05, 0) is 38.8 Å². The summed E-state index contributed by atoms with van der Waals surface area (Å²) in [5.41, 5.74) is 0.857. The Morgan fingerprint density at radius 2 is 1.68 bits per heavy atom. The molecule has 1 aromatic carbocycles. The predicted molar refractivity (Wildman–Crippen MR) is 80.9 cm³/mol. The van der Waals surface area contributed by atoms with Crippen LogP contribution >= 0.6 is 0 Å². The van der Waals surface area contributed by atoms with E-state index in [2.05, 4.69) is 0 Å². The van der Waals surface area contributed by atoms with E-state index in [1.165, 1.54) is 12.1 Å². The van der Waals surface area contributed by atoms with Crippen LogP contribution in [0.3, 0.4) is 0 Å². The molecule has 0 unspecified atom stereocenters. The van der Waals surface area contributed by atoms with E-state index in [0.717, 1.165) is 18.4 Å². The molecule has 1 fully saturated rings. The Labute approximate surface area is 131 Å². The molecule has 5 heteroatoms. The van der Waals surface area contributed by atoms with Crippen LogP contribution < -0.4 is 0 Å². The molecule has 0 aliphatic carbocycles. The first-order valence-electron chi connectivity index (χ1n) is 7.97. The minimum Gasteiger partial charge on any atom is -0.353 e. The molecule has 124 valence electrons. The van der Waals surface area contributed by atoms with Crippen LogP contribution in [0.2, 0.25) is 0 Å². The van der Waals surface area contributed by atoms with Crippen molar-refractivity contribution in [1.82, 2.24) is 0 Å².